The predicted octanol–water partition coefficient (Wildman–Crippen LogP) is 2.13. The molecule has 0 aliphatic rings. The highest BCUT2D eigenvalue weighted by Crippen LogP contribution is 2.13. The molecule has 0 radical (unpaired) electrons. The van der Waals surface area contributed by atoms with Gasteiger partial charge in [0.25, 0.3) is 0 Å². The number of hydrogen-bond donors (Lipinski definition) is 2. The number of nitrogens with zero attached hydrogens (tertiary/aromatic N) is 1. The predicted molar refractivity (Wildman–Crippen MR) is 82.5 cm³/mol. The second kappa shape index (κ2) is 6.87. The molecular weight excluding hydrogens is 286 g/mol. The zero-order chi connectivity index (χ0) is 15.3. The standard InChI is InChI=1S/C15H21N3O2S/c1-12(2)11-13-3-5-14(6-4-13)21(19,20)18-8-7-15-16-9-10-17-15/h3-6,9-10,12,18H,7-8,11H2,1-2H3,(H,16,17). The Balaban J connectivity index is 1.95. The molecule has 114 valence electrons. The molecule has 0 amide bonds. The monoisotopic (exact) mass is 307 g/mol. The summed E-state index contributed by atoms with van der Waals surface area (Å²) in [5, 5.41) is 0. The third-order valence-corrected chi connectivity index (χ3v) is 4.56. The lowest BCUT2D eigenvalue weighted by Gasteiger charge is -2.08. The average Bonchev–Trinajstić information content (AvgIpc) is 2.91. The summed E-state index contributed by atoms with van der Waals surface area (Å²) in [4.78, 5) is 7.30. The molecule has 0 spiro atoms. The topological polar surface area (TPSA) is 74.8 Å². The molecule has 2 aromatic rings. The van der Waals surface area contributed by atoms with Crippen LogP contribution in [0.5, 0.6) is 0 Å². The minimum absolute atomic E-state index is 0.300. The Labute approximate surface area is 125 Å². The van der Waals surface area contributed by atoms with Crippen LogP contribution in [0.15, 0.2) is 41.6 Å². The molecule has 0 atom stereocenters. The number of benzene rings is 1. The molecule has 1 aromatic heterocycles. The zero-order valence-corrected chi connectivity index (χ0v) is 13.2. The summed E-state index contributed by atoms with van der Waals surface area (Å²) in [6.07, 6.45) is 4.86. The van der Waals surface area contributed by atoms with Crippen molar-refractivity contribution in [1.29, 1.82) is 0 Å². The Morgan fingerprint density at radius 1 is 1.24 bits per heavy atom. The van der Waals surface area contributed by atoms with Crippen molar-refractivity contribution in [3.63, 3.8) is 0 Å². The van der Waals surface area contributed by atoms with Gasteiger partial charge in [0.1, 0.15) is 5.82 Å². The molecule has 2 rings (SSSR count). The molecule has 5 nitrogen and oxygen atoms in total. The Morgan fingerprint density at radius 2 is 1.95 bits per heavy atom. The lowest BCUT2D eigenvalue weighted by molar-refractivity contribution is 0.581. The van der Waals surface area contributed by atoms with E-state index < -0.39 is 10.0 Å². The minimum Gasteiger partial charge on any atom is -0.349 e. The number of aromatic nitrogens is 2. The van der Waals surface area contributed by atoms with Crippen LogP contribution in [-0.2, 0) is 22.9 Å². The Kier molecular flexibility index (Phi) is 5.14. The van der Waals surface area contributed by atoms with E-state index in [2.05, 4.69) is 28.5 Å². The highest BCUT2D eigenvalue weighted by Gasteiger charge is 2.13. The first-order valence-corrected chi connectivity index (χ1v) is 8.52. The third-order valence-electron chi connectivity index (χ3n) is 3.09. The summed E-state index contributed by atoms with van der Waals surface area (Å²) in [5.74, 6) is 1.32. The summed E-state index contributed by atoms with van der Waals surface area (Å²) < 4.78 is 26.9. The van der Waals surface area contributed by atoms with Crippen molar-refractivity contribution in [3.8, 4) is 0 Å². The van der Waals surface area contributed by atoms with E-state index in [1.807, 2.05) is 12.1 Å². The Hall–Kier alpha value is -1.66. The summed E-state index contributed by atoms with van der Waals surface area (Å²) in [6, 6.07) is 7.07. The van der Waals surface area contributed by atoms with E-state index in [1.54, 1.807) is 24.5 Å². The van der Waals surface area contributed by atoms with Crippen LogP contribution in [-0.4, -0.2) is 24.9 Å². The minimum atomic E-state index is -3.45. The second-order valence-corrected chi connectivity index (χ2v) is 7.19. The molecule has 6 heteroatoms. The summed E-state index contributed by atoms with van der Waals surface area (Å²) in [5.41, 5.74) is 1.15. The molecule has 0 bridgehead atoms. The van der Waals surface area contributed by atoms with Gasteiger partial charge in [-0.05, 0) is 30.0 Å². The van der Waals surface area contributed by atoms with Crippen molar-refractivity contribution in [2.24, 2.45) is 5.92 Å². The van der Waals surface area contributed by atoms with Crippen molar-refractivity contribution < 1.29 is 8.42 Å². The fourth-order valence-electron chi connectivity index (χ4n) is 2.10. The SMILES string of the molecule is CC(C)Cc1ccc(S(=O)(=O)NCCc2ncc[nH]2)cc1. The number of hydrogen-bond acceptors (Lipinski definition) is 3. The van der Waals surface area contributed by atoms with Crippen LogP contribution in [0.4, 0.5) is 0 Å². The van der Waals surface area contributed by atoms with Crippen LogP contribution in [0, 0.1) is 5.92 Å². The fraction of sp³-hybridized carbons (Fsp3) is 0.400. The number of H-pyrrole nitrogens is 1. The van der Waals surface area contributed by atoms with E-state index in [4.69, 9.17) is 0 Å². The Bertz CT molecular complexity index is 647. The van der Waals surface area contributed by atoms with Crippen LogP contribution in [0.2, 0.25) is 0 Å². The molecule has 1 aromatic carbocycles. The maximum absolute atomic E-state index is 12.2. The van der Waals surface area contributed by atoms with E-state index in [0.717, 1.165) is 17.8 Å². The van der Waals surface area contributed by atoms with Gasteiger partial charge in [0.2, 0.25) is 10.0 Å². The van der Waals surface area contributed by atoms with E-state index in [9.17, 15) is 8.42 Å². The normalized spacial score (nSPS) is 12.0. The quantitative estimate of drug-likeness (QED) is 0.823. The molecule has 0 aliphatic heterocycles. The summed E-state index contributed by atoms with van der Waals surface area (Å²) in [7, 11) is -3.45. The highest BCUT2D eigenvalue weighted by molar-refractivity contribution is 7.89. The molecule has 21 heavy (non-hydrogen) atoms. The average molecular weight is 307 g/mol. The maximum Gasteiger partial charge on any atom is 0.240 e. The van der Waals surface area contributed by atoms with Crippen molar-refractivity contribution in [2.75, 3.05) is 6.54 Å². The molecule has 0 saturated carbocycles. The van der Waals surface area contributed by atoms with Crippen LogP contribution in [0.1, 0.15) is 25.2 Å². The molecule has 0 saturated heterocycles. The Morgan fingerprint density at radius 3 is 2.52 bits per heavy atom. The number of rotatable bonds is 7. The highest BCUT2D eigenvalue weighted by atomic mass is 32.2. The van der Waals surface area contributed by atoms with Gasteiger partial charge in [0.15, 0.2) is 0 Å². The van der Waals surface area contributed by atoms with Crippen LogP contribution in [0.3, 0.4) is 0 Å². The van der Waals surface area contributed by atoms with E-state index >= 15 is 0 Å². The molecule has 0 fully saturated rings. The lowest BCUT2D eigenvalue weighted by Crippen LogP contribution is -2.26. The molecule has 0 unspecified atom stereocenters. The fourth-order valence-corrected chi connectivity index (χ4v) is 3.13. The second-order valence-electron chi connectivity index (χ2n) is 5.43. The van der Waals surface area contributed by atoms with Gasteiger partial charge in [-0.3, -0.25) is 0 Å². The number of aromatic amines is 1. The van der Waals surface area contributed by atoms with E-state index in [0.29, 0.717) is 23.8 Å². The van der Waals surface area contributed by atoms with Gasteiger partial charge in [-0.25, -0.2) is 18.1 Å². The first kappa shape index (κ1) is 15.7. The first-order valence-electron chi connectivity index (χ1n) is 7.04. The van der Waals surface area contributed by atoms with Gasteiger partial charge in [-0.1, -0.05) is 26.0 Å². The van der Waals surface area contributed by atoms with Crippen LogP contribution in [0.25, 0.3) is 0 Å². The number of imidazole rings is 1. The number of sulfonamides is 1. The smallest absolute Gasteiger partial charge is 0.240 e. The van der Waals surface area contributed by atoms with Crippen molar-refractivity contribution >= 4 is 10.0 Å². The lowest BCUT2D eigenvalue weighted by atomic mass is 10.0. The maximum atomic E-state index is 12.2. The largest absolute Gasteiger partial charge is 0.349 e. The molecule has 1 heterocycles. The first-order chi connectivity index (χ1) is 9.97. The van der Waals surface area contributed by atoms with Crippen molar-refractivity contribution in [1.82, 2.24) is 14.7 Å². The van der Waals surface area contributed by atoms with Gasteiger partial charge in [0.05, 0.1) is 4.90 Å². The van der Waals surface area contributed by atoms with Gasteiger partial charge in [-0.15, -0.1) is 0 Å². The van der Waals surface area contributed by atoms with Crippen molar-refractivity contribution in [3.05, 3.63) is 48.0 Å². The van der Waals surface area contributed by atoms with Crippen LogP contribution >= 0.6 is 0 Å². The van der Waals surface area contributed by atoms with Gasteiger partial charge >= 0.3 is 0 Å². The molecular formula is C15H21N3O2S. The third kappa shape index (κ3) is 4.68. The van der Waals surface area contributed by atoms with Gasteiger partial charge < -0.3 is 4.98 Å². The summed E-state index contributed by atoms with van der Waals surface area (Å²) in [6.45, 7) is 4.60. The molecule has 2 N–H and O–H groups in total. The molecule has 0 aliphatic carbocycles. The van der Waals surface area contributed by atoms with Crippen molar-refractivity contribution in [2.45, 2.75) is 31.6 Å². The van der Waals surface area contributed by atoms with Gasteiger partial charge in [-0.2, -0.15) is 0 Å². The van der Waals surface area contributed by atoms with Crippen LogP contribution < -0.4 is 4.72 Å². The number of nitrogens with one attached hydrogen (secondary N) is 2. The van der Waals surface area contributed by atoms with E-state index in [-0.39, 0.29) is 0 Å². The van der Waals surface area contributed by atoms with E-state index in [1.165, 1.54) is 0 Å². The zero-order valence-electron chi connectivity index (χ0n) is 12.3. The van der Waals surface area contributed by atoms with Gasteiger partial charge in [0, 0.05) is 25.4 Å². The summed E-state index contributed by atoms with van der Waals surface area (Å²) >= 11 is 0.